The average Bonchev–Trinajstić information content (AvgIpc) is 2.30. The van der Waals surface area contributed by atoms with Crippen LogP contribution in [-0.2, 0) is 6.54 Å². The Labute approximate surface area is 123 Å². The second-order valence-electron chi connectivity index (χ2n) is 3.68. The van der Waals surface area contributed by atoms with Crippen LogP contribution >= 0.6 is 38.5 Å². The molecule has 0 radical (unpaired) electrons. The van der Waals surface area contributed by atoms with Crippen LogP contribution in [-0.4, -0.2) is 0 Å². The third-order valence-corrected chi connectivity index (χ3v) is 4.09. The molecule has 0 aliphatic rings. The number of hydrogen-bond acceptors (Lipinski definition) is 2. The second-order valence-corrected chi connectivity index (χ2v) is 5.70. The van der Waals surface area contributed by atoms with Crippen molar-refractivity contribution in [1.29, 1.82) is 0 Å². The van der Waals surface area contributed by atoms with Gasteiger partial charge in [-0.2, -0.15) is 0 Å². The van der Waals surface area contributed by atoms with E-state index >= 15 is 0 Å². The lowest BCUT2D eigenvalue weighted by Crippen LogP contribution is -2.02. The molecule has 0 fully saturated rings. The van der Waals surface area contributed by atoms with E-state index in [-0.39, 0.29) is 0 Å². The van der Waals surface area contributed by atoms with Crippen LogP contribution in [0.3, 0.4) is 0 Å². The van der Waals surface area contributed by atoms with Crippen LogP contribution in [0, 0.1) is 3.57 Å². The molecule has 0 unspecified atom stereocenters. The number of nitrogens with two attached hydrogens (primary N) is 1. The molecular weight excluding hydrogens is 391 g/mol. The first-order valence-electron chi connectivity index (χ1n) is 5.19. The number of hydrogen-bond donors (Lipinski definition) is 2. The lowest BCUT2D eigenvalue weighted by atomic mass is 10.2. The Kier molecular flexibility index (Phi) is 4.28. The van der Waals surface area contributed by atoms with E-state index in [1.165, 1.54) is 5.56 Å². The normalized spacial score (nSPS) is 10.2. The van der Waals surface area contributed by atoms with Crippen molar-refractivity contribution < 1.29 is 0 Å². The highest BCUT2D eigenvalue weighted by molar-refractivity contribution is 14.1. The zero-order valence-electron chi connectivity index (χ0n) is 9.08. The first-order valence-corrected chi connectivity index (χ1v) is 7.06. The largest absolute Gasteiger partial charge is 0.399 e. The predicted octanol–water partition coefficient (Wildman–Crippen LogP) is 4.25. The highest BCUT2D eigenvalue weighted by Crippen LogP contribution is 2.23. The Bertz CT molecular complexity index is 529. The van der Waals surface area contributed by atoms with E-state index in [0.717, 1.165) is 26.0 Å². The Morgan fingerprint density at radius 3 is 2.65 bits per heavy atom. The summed E-state index contributed by atoms with van der Waals surface area (Å²) < 4.78 is 2.26. The minimum atomic E-state index is 0.792. The molecule has 88 valence electrons. The van der Waals surface area contributed by atoms with Crippen LogP contribution in [0.15, 0.2) is 46.9 Å². The molecule has 0 amide bonds. The smallest absolute Gasteiger partial charge is 0.0480 e. The summed E-state index contributed by atoms with van der Waals surface area (Å²) in [6, 6.07) is 14.1. The van der Waals surface area contributed by atoms with Crippen molar-refractivity contribution >= 4 is 49.9 Å². The molecule has 0 spiro atoms. The van der Waals surface area contributed by atoms with Crippen molar-refractivity contribution in [3.63, 3.8) is 0 Å². The molecular formula is C13H12BrIN2. The van der Waals surface area contributed by atoms with Crippen LogP contribution in [0.1, 0.15) is 5.56 Å². The van der Waals surface area contributed by atoms with Crippen LogP contribution in [0.5, 0.6) is 0 Å². The fourth-order valence-corrected chi connectivity index (χ4v) is 2.66. The maximum atomic E-state index is 5.72. The molecule has 2 aromatic carbocycles. The molecule has 0 aliphatic carbocycles. The SMILES string of the molecule is Nc1ccc(NCc2ccccc2Br)c(I)c1. The molecule has 0 heterocycles. The van der Waals surface area contributed by atoms with Gasteiger partial charge in [-0.25, -0.2) is 0 Å². The van der Waals surface area contributed by atoms with Crippen molar-refractivity contribution in [3.05, 3.63) is 56.1 Å². The topological polar surface area (TPSA) is 38.0 Å². The van der Waals surface area contributed by atoms with E-state index in [1.54, 1.807) is 0 Å². The summed E-state index contributed by atoms with van der Waals surface area (Å²) in [5.74, 6) is 0. The van der Waals surface area contributed by atoms with E-state index in [4.69, 9.17) is 5.73 Å². The van der Waals surface area contributed by atoms with Gasteiger partial charge in [-0.15, -0.1) is 0 Å². The van der Waals surface area contributed by atoms with Crippen LogP contribution in [0.2, 0.25) is 0 Å². The van der Waals surface area contributed by atoms with Gasteiger partial charge in [0.1, 0.15) is 0 Å². The Morgan fingerprint density at radius 2 is 1.94 bits per heavy atom. The quantitative estimate of drug-likeness (QED) is 0.595. The molecule has 0 saturated heterocycles. The maximum absolute atomic E-state index is 5.72. The lowest BCUT2D eigenvalue weighted by Gasteiger charge is -2.10. The van der Waals surface area contributed by atoms with Crippen molar-refractivity contribution in [2.75, 3.05) is 11.1 Å². The summed E-state index contributed by atoms with van der Waals surface area (Å²) in [5, 5.41) is 3.40. The minimum Gasteiger partial charge on any atom is -0.399 e. The van der Waals surface area contributed by atoms with Crippen LogP contribution in [0.25, 0.3) is 0 Å². The Balaban J connectivity index is 2.10. The monoisotopic (exact) mass is 402 g/mol. The van der Waals surface area contributed by atoms with Gasteiger partial charge in [-0.05, 0) is 52.4 Å². The lowest BCUT2D eigenvalue weighted by molar-refractivity contribution is 1.13. The summed E-state index contributed by atoms with van der Waals surface area (Å²) >= 11 is 5.82. The summed E-state index contributed by atoms with van der Waals surface area (Å²) in [7, 11) is 0. The fourth-order valence-electron chi connectivity index (χ4n) is 1.51. The molecule has 0 aromatic heterocycles. The van der Waals surface area contributed by atoms with Gasteiger partial charge in [-0.3, -0.25) is 0 Å². The zero-order chi connectivity index (χ0) is 12.3. The fraction of sp³-hybridized carbons (Fsp3) is 0.0769. The molecule has 4 heteroatoms. The number of nitrogens with one attached hydrogen (secondary N) is 1. The van der Waals surface area contributed by atoms with Crippen molar-refractivity contribution in [2.24, 2.45) is 0 Å². The number of halogens is 2. The van der Waals surface area contributed by atoms with Crippen LogP contribution in [0.4, 0.5) is 11.4 Å². The van der Waals surface area contributed by atoms with E-state index in [2.05, 4.69) is 49.9 Å². The van der Waals surface area contributed by atoms with E-state index < -0.39 is 0 Å². The molecule has 2 aromatic rings. The summed E-state index contributed by atoms with van der Waals surface area (Å²) in [4.78, 5) is 0. The standard InChI is InChI=1S/C13H12BrIN2/c14-11-4-2-1-3-9(11)8-17-13-6-5-10(16)7-12(13)15/h1-7,17H,8,16H2. The van der Waals surface area contributed by atoms with E-state index in [1.807, 2.05) is 36.4 Å². The van der Waals surface area contributed by atoms with Gasteiger partial charge in [0.05, 0.1) is 0 Å². The van der Waals surface area contributed by atoms with Gasteiger partial charge in [-0.1, -0.05) is 34.1 Å². The highest BCUT2D eigenvalue weighted by Gasteiger charge is 2.01. The van der Waals surface area contributed by atoms with Gasteiger partial charge in [0.15, 0.2) is 0 Å². The number of benzene rings is 2. The average molecular weight is 403 g/mol. The number of rotatable bonds is 3. The summed E-state index contributed by atoms with van der Waals surface area (Å²) in [5.41, 5.74) is 8.85. The molecule has 0 atom stereocenters. The van der Waals surface area contributed by atoms with Crippen molar-refractivity contribution in [3.8, 4) is 0 Å². The Morgan fingerprint density at radius 1 is 1.18 bits per heavy atom. The third-order valence-electron chi connectivity index (χ3n) is 2.42. The number of anilines is 2. The van der Waals surface area contributed by atoms with Crippen molar-refractivity contribution in [1.82, 2.24) is 0 Å². The minimum absolute atomic E-state index is 0.792. The third kappa shape index (κ3) is 3.35. The molecule has 0 bridgehead atoms. The molecule has 0 aliphatic heterocycles. The molecule has 0 saturated carbocycles. The first kappa shape index (κ1) is 12.7. The molecule has 2 rings (SSSR count). The van der Waals surface area contributed by atoms with Gasteiger partial charge in [0.2, 0.25) is 0 Å². The first-order chi connectivity index (χ1) is 8.16. The summed E-state index contributed by atoms with van der Waals surface area (Å²) in [6.07, 6.45) is 0. The highest BCUT2D eigenvalue weighted by atomic mass is 127. The predicted molar refractivity (Wildman–Crippen MR) is 85.0 cm³/mol. The zero-order valence-corrected chi connectivity index (χ0v) is 12.8. The second kappa shape index (κ2) is 5.73. The Hall–Kier alpha value is -0.750. The van der Waals surface area contributed by atoms with Gasteiger partial charge >= 0.3 is 0 Å². The number of nitrogen functional groups attached to an aromatic ring is 1. The van der Waals surface area contributed by atoms with Gasteiger partial charge in [0.25, 0.3) is 0 Å². The molecule has 2 nitrogen and oxygen atoms in total. The van der Waals surface area contributed by atoms with Gasteiger partial charge < -0.3 is 11.1 Å². The summed E-state index contributed by atoms with van der Waals surface area (Å²) in [6.45, 7) is 0.793. The maximum Gasteiger partial charge on any atom is 0.0480 e. The molecule has 17 heavy (non-hydrogen) atoms. The van der Waals surface area contributed by atoms with E-state index in [0.29, 0.717) is 0 Å². The molecule has 3 N–H and O–H groups in total. The van der Waals surface area contributed by atoms with E-state index in [9.17, 15) is 0 Å². The van der Waals surface area contributed by atoms with Gasteiger partial charge in [0, 0.05) is 26.0 Å². The van der Waals surface area contributed by atoms with Crippen LogP contribution < -0.4 is 11.1 Å². The van der Waals surface area contributed by atoms with Crippen molar-refractivity contribution in [2.45, 2.75) is 6.54 Å².